The predicted octanol–water partition coefficient (Wildman–Crippen LogP) is 2.56. The van der Waals surface area contributed by atoms with Crippen molar-refractivity contribution in [3.8, 4) is 0 Å². The highest BCUT2D eigenvalue weighted by atomic mass is 16.3. The third-order valence-corrected chi connectivity index (χ3v) is 2.53. The summed E-state index contributed by atoms with van der Waals surface area (Å²) < 4.78 is 5.27. The highest BCUT2D eigenvalue weighted by Crippen LogP contribution is 2.13. The van der Waals surface area contributed by atoms with Crippen molar-refractivity contribution in [3.05, 3.63) is 53.5 Å². The maximum atomic E-state index is 11.9. The maximum absolute atomic E-state index is 11.9. The third kappa shape index (κ3) is 2.99. The largest absolute Gasteiger partial charge is 0.456 e. The molecule has 94 valence electrons. The normalized spacial score (nSPS) is 10.3. The number of carbonyl (C=O) groups excluding carboxylic acids is 1. The fourth-order valence-electron chi connectivity index (χ4n) is 1.71. The second kappa shape index (κ2) is 5.51. The smallest absolute Gasteiger partial charge is 0.291 e. The first-order chi connectivity index (χ1) is 8.69. The molecule has 0 fully saturated rings. The Morgan fingerprint density at radius 1 is 1.28 bits per heavy atom. The first kappa shape index (κ1) is 12.4. The molecule has 0 unspecified atom stereocenters. The minimum atomic E-state index is -0.232. The van der Waals surface area contributed by atoms with Gasteiger partial charge in [-0.05, 0) is 43.8 Å². The standard InChI is InChI=1S/C14H16N2O2/c1-10-6-7-13(18-10)14(17)16-12-5-3-4-11(8-12)9-15-2/h3-8,15H,9H2,1-2H3,(H,16,17). The SMILES string of the molecule is CNCc1cccc(NC(=O)c2ccc(C)o2)c1. The molecule has 0 spiro atoms. The Morgan fingerprint density at radius 3 is 2.78 bits per heavy atom. The van der Waals surface area contributed by atoms with Gasteiger partial charge < -0.3 is 15.1 Å². The van der Waals surface area contributed by atoms with Crippen LogP contribution in [0.3, 0.4) is 0 Å². The number of nitrogens with one attached hydrogen (secondary N) is 2. The molecule has 4 heteroatoms. The number of aryl methyl sites for hydroxylation is 1. The van der Waals surface area contributed by atoms with Crippen LogP contribution >= 0.6 is 0 Å². The van der Waals surface area contributed by atoms with Crippen molar-refractivity contribution in [3.63, 3.8) is 0 Å². The number of amides is 1. The van der Waals surface area contributed by atoms with Crippen molar-refractivity contribution in [1.82, 2.24) is 5.32 Å². The van der Waals surface area contributed by atoms with Gasteiger partial charge in [0, 0.05) is 12.2 Å². The number of carbonyl (C=O) groups is 1. The number of hydrogen-bond donors (Lipinski definition) is 2. The second-order valence-electron chi connectivity index (χ2n) is 4.10. The molecule has 1 heterocycles. The topological polar surface area (TPSA) is 54.3 Å². The monoisotopic (exact) mass is 244 g/mol. The molecule has 0 aliphatic carbocycles. The van der Waals surface area contributed by atoms with Crippen molar-refractivity contribution >= 4 is 11.6 Å². The van der Waals surface area contributed by atoms with Crippen molar-refractivity contribution in [2.24, 2.45) is 0 Å². The summed E-state index contributed by atoms with van der Waals surface area (Å²) >= 11 is 0. The van der Waals surface area contributed by atoms with Gasteiger partial charge in [0.15, 0.2) is 5.76 Å². The lowest BCUT2D eigenvalue weighted by Crippen LogP contribution is -2.11. The van der Waals surface area contributed by atoms with Crippen LogP contribution in [0.1, 0.15) is 21.9 Å². The first-order valence-corrected chi connectivity index (χ1v) is 5.80. The summed E-state index contributed by atoms with van der Waals surface area (Å²) in [5.41, 5.74) is 1.88. The van der Waals surface area contributed by atoms with Gasteiger partial charge in [0.1, 0.15) is 5.76 Å². The van der Waals surface area contributed by atoms with Gasteiger partial charge in [-0.25, -0.2) is 0 Å². The Kier molecular flexibility index (Phi) is 3.79. The molecular formula is C14H16N2O2. The van der Waals surface area contributed by atoms with Gasteiger partial charge in [0.05, 0.1) is 0 Å². The van der Waals surface area contributed by atoms with E-state index in [0.717, 1.165) is 23.6 Å². The summed E-state index contributed by atoms with van der Waals surface area (Å²) in [4.78, 5) is 11.9. The molecule has 0 radical (unpaired) electrons. The van der Waals surface area contributed by atoms with Crippen molar-refractivity contribution in [2.45, 2.75) is 13.5 Å². The molecular weight excluding hydrogens is 228 g/mol. The van der Waals surface area contributed by atoms with Gasteiger partial charge in [-0.1, -0.05) is 12.1 Å². The molecule has 4 nitrogen and oxygen atoms in total. The fraction of sp³-hybridized carbons (Fsp3) is 0.214. The number of rotatable bonds is 4. The van der Waals surface area contributed by atoms with Crippen LogP contribution in [-0.2, 0) is 6.54 Å². The second-order valence-corrected chi connectivity index (χ2v) is 4.10. The predicted molar refractivity (Wildman–Crippen MR) is 70.6 cm³/mol. The molecule has 0 bridgehead atoms. The van der Waals surface area contributed by atoms with E-state index in [0.29, 0.717) is 5.76 Å². The summed E-state index contributed by atoms with van der Waals surface area (Å²) in [6, 6.07) is 11.1. The van der Waals surface area contributed by atoms with Crippen LogP contribution < -0.4 is 10.6 Å². The lowest BCUT2D eigenvalue weighted by atomic mass is 10.2. The molecule has 2 rings (SSSR count). The average molecular weight is 244 g/mol. The van der Waals surface area contributed by atoms with E-state index < -0.39 is 0 Å². The Balaban J connectivity index is 2.09. The lowest BCUT2D eigenvalue weighted by Gasteiger charge is -2.06. The summed E-state index contributed by atoms with van der Waals surface area (Å²) in [5.74, 6) is 0.820. The van der Waals surface area contributed by atoms with E-state index in [2.05, 4.69) is 10.6 Å². The molecule has 0 saturated carbocycles. The Bertz CT molecular complexity index is 546. The Hall–Kier alpha value is -2.07. The average Bonchev–Trinajstić information content (AvgIpc) is 2.77. The Morgan fingerprint density at radius 2 is 2.11 bits per heavy atom. The molecule has 1 aromatic carbocycles. The van der Waals surface area contributed by atoms with Crippen molar-refractivity contribution in [1.29, 1.82) is 0 Å². The van der Waals surface area contributed by atoms with Gasteiger partial charge in [0.25, 0.3) is 5.91 Å². The lowest BCUT2D eigenvalue weighted by molar-refractivity contribution is 0.0995. The molecule has 18 heavy (non-hydrogen) atoms. The highest BCUT2D eigenvalue weighted by Gasteiger charge is 2.10. The van der Waals surface area contributed by atoms with Gasteiger partial charge in [0.2, 0.25) is 0 Å². The van der Waals surface area contributed by atoms with E-state index in [1.807, 2.05) is 38.2 Å². The number of benzene rings is 1. The number of hydrogen-bond acceptors (Lipinski definition) is 3. The summed E-state index contributed by atoms with van der Waals surface area (Å²) in [6.07, 6.45) is 0. The first-order valence-electron chi connectivity index (χ1n) is 5.80. The van der Waals surface area contributed by atoms with E-state index in [1.165, 1.54) is 0 Å². The summed E-state index contributed by atoms with van der Waals surface area (Å²) in [6.45, 7) is 2.58. The number of furan rings is 1. The van der Waals surface area contributed by atoms with E-state index in [4.69, 9.17) is 4.42 Å². The van der Waals surface area contributed by atoms with Gasteiger partial charge in [-0.2, -0.15) is 0 Å². The molecule has 2 N–H and O–H groups in total. The molecule has 1 aromatic heterocycles. The summed E-state index contributed by atoms with van der Waals surface area (Å²) in [5, 5.41) is 5.88. The van der Waals surface area contributed by atoms with E-state index in [9.17, 15) is 4.79 Å². The molecule has 0 atom stereocenters. The molecule has 0 aliphatic rings. The number of anilines is 1. The van der Waals surface area contributed by atoms with Crippen LogP contribution in [0.25, 0.3) is 0 Å². The summed E-state index contributed by atoms with van der Waals surface area (Å²) in [7, 11) is 1.89. The minimum Gasteiger partial charge on any atom is -0.456 e. The van der Waals surface area contributed by atoms with Crippen molar-refractivity contribution in [2.75, 3.05) is 12.4 Å². The van der Waals surface area contributed by atoms with E-state index in [-0.39, 0.29) is 5.91 Å². The molecule has 0 aliphatic heterocycles. The third-order valence-electron chi connectivity index (χ3n) is 2.53. The minimum absolute atomic E-state index is 0.232. The van der Waals surface area contributed by atoms with Crippen LogP contribution in [0.2, 0.25) is 0 Å². The maximum Gasteiger partial charge on any atom is 0.291 e. The van der Waals surface area contributed by atoms with Gasteiger partial charge in [-0.3, -0.25) is 4.79 Å². The van der Waals surface area contributed by atoms with Crippen molar-refractivity contribution < 1.29 is 9.21 Å². The van der Waals surface area contributed by atoms with Gasteiger partial charge in [-0.15, -0.1) is 0 Å². The zero-order chi connectivity index (χ0) is 13.0. The zero-order valence-corrected chi connectivity index (χ0v) is 10.5. The molecule has 2 aromatic rings. The Labute approximate surface area is 106 Å². The van der Waals surface area contributed by atoms with Crippen LogP contribution in [0.4, 0.5) is 5.69 Å². The highest BCUT2D eigenvalue weighted by molar-refractivity contribution is 6.02. The van der Waals surface area contributed by atoms with Crippen LogP contribution in [0.15, 0.2) is 40.8 Å². The molecule has 0 saturated heterocycles. The van der Waals surface area contributed by atoms with E-state index in [1.54, 1.807) is 12.1 Å². The fourth-order valence-corrected chi connectivity index (χ4v) is 1.71. The van der Waals surface area contributed by atoms with Crippen LogP contribution in [0, 0.1) is 6.92 Å². The van der Waals surface area contributed by atoms with E-state index >= 15 is 0 Å². The molecule has 1 amide bonds. The zero-order valence-electron chi connectivity index (χ0n) is 10.5. The quantitative estimate of drug-likeness (QED) is 0.869. The van der Waals surface area contributed by atoms with Gasteiger partial charge >= 0.3 is 0 Å². The van der Waals surface area contributed by atoms with Crippen LogP contribution in [0.5, 0.6) is 0 Å². The van der Waals surface area contributed by atoms with Crippen LogP contribution in [-0.4, -0.2) is 13.0 Å².